The minimum atomic E-state index is -1.41. The molecular weight excluding hydrogens is 549 g/mol. The molecule has 8 aromatic rings. The van der Waals surface area contributed by atoms with E-state index in [0.29, 0.717) is 0 Å². The van der Waals surface area contributed by atoms with Gasteiger partial charge >= 0.3 is 0 Å². The van der Waals surface area contributed by atoms with Gasteiger partial charge in [0.15, 0.2) is 0 Å². The quantitative estimate of drug-likeness (QED) is 0.140. The number of benzene rings is 7. The lowest BCUT2D eigenvalue weighted by atomic mass is 10.0. The first-order valence-corrected chi connectivity index (χ1v) is 18.9. The lowest BCUT2D eigenvalue weighted by Gasteiger charge is -2.27. The molecule has 1 heterocycles. The zero-order valence-electron chi connectivity index (χ0n) is 25.3. The maximum atomic E-state index is 2.41. The zero-order valence-corrected chi connectivity index (χ0v) is 26.3. The van der Waals surface area contributed by atoms with Crippen LogP contribution in [0.2, 0.25) is 19.6 Å². The van der Waals surface area contributed by atoms with Crippen LogP contribution in [-0.4, -0.2) is 12.6 Å². The van der Waals surface area contributed by atoms with Gasteiger partial charge in [-0.3, -0.25) is 0 Å². The van der Waals surface area contributed by atoms with E-state index in [1.807, 2.05) is 0 Å². The summed E-state index contributed by atoms with van der Waals surface area (Å²) >= 11 is 0. The third-order valence-electron chi connectivity index (χ3n) is 8.91. The van der Waals surface area contributed by atoms with E-state index >= 15 is 0 Å². The Morgan fingerprint density at radius 2 is 0.909 bits per heavy atom. The van der Waals surface area contributed by atoms with Crippen molar-refractivity contribution >= 4 is 62.9 Å². The Bertz CT molecular complexity index is 2150. The van der Waals surface area contributed by atoms with Crippen LogP contribution in [-0.2, 0) is 0 Å². The normalized spacial score (nSPS) is 12.0. The summed E-state index contributed by atoms with van der Waals surface area (Å²) < 4.78 is 2.41. The van der Waals surface area contributed by atoms with E-state index in [2.05, 4.69) is 181 Å². The van der Waals surface area contributed by atoms with Crippen molar-refractivity contribution < 1.29 is 0 Å². The van der Waals surface area contributed by atoms with Crippen LogP contribution in [0, 0.1) is 0 Å². The molecule has 0 unspecified atom stereocenters. The third kappa shape index (κ3) is 4.40. The minimum absolute atomic E-state index is 1.13. The molecule has 3 heteroatoms. The Labute approximate surface area is 259 Å². The van der Waals surface area contributed by atoms with Gasteiger partial charge in [-0.1, -0.05) is 116 Å². The van der Waals surface area contributed by atoms with Crippen molar-refractivity contribution in [2.24, 2.45) is 0 Å². The van der Waals surface area contributed by atoms with Crippen LogP contribution >= 0.6 is 0 Å². The molecule has 0 bridgehead atoms. The van der Waals surface area contributed by atoms with Gasteiger partial charge in [0, 0.05) is 33.5 Å². The number of rotatable bonds is 6. The van der Waals surface area contributed by atoms with E-state index in [-0.39, 0.29) is 0 Å². The molecule has 2 nitrogen and oxygen atoms in total. The highest BCUT2D eigenvalue weighted by Crippen LogP contribution is 2.40. The van der Waals surface area contributed by atoms with E-state index in [1.165, 1.54) is 54.6 Å². The van der Waals surface area contributed by atoms with Gasteiger partial charge in [-0.25, -0.2) is 0 Å². The van der Waals surface area contributed by atoms with Crippen molar-refractivity contribution in [3.63, 3.8) is 0 Å². The summed E-state index contributed by atoms with van der Waals surface area (Å²) in [6.45, 7) is 7.20. The predicted octanol–water partition coefficient (Wildman–Crippen LogP) is 11.1. The molecule has 0 radical (unpaired) electrons. The molecule has 0 saturated carbocycles. The first-order valence-electron chi connectivity index (χ1n) is 15.4. The van der Waals surface area contributed by atoms with Crippen molar-refractivity contribution in [2.45, 2.75) is 19.6 Å². The molecule has 0 aliphatic rings. The van der Waals surface area contributed by atoms with E-state index in [0.717, 1.165) is 17.1 Å². The average Bonchev–Trinajstić information content (AvgIpc) is 3.41. The van der Waals surface area contributed by atoms with Crippen molar-refractivity contribution in [3.8, 4) is 16.8 Å². The molecule has 212 valence electrons. The Kier molecular flexibility index (Phi) is 6.18. The summed E-state index contributed by atoms with van der Waals surface area (Å²) in [5.41, 5.74) is 9.54. The molecule has 1 aromatic heterocycles. The lowest BCUT2D eigenvalue weighted by molar-refractivity contribution is 1.17. The van der Waals surface area contributed by atoms with Crippen molar-refractivity contribution in [1.29, 1.82) is 0 Å². The Morgan fingerprint density at radius 3 is 1.43 bits per heavy atom. The molecule has 0 N–H and O–H groups in total. The molecule has 7 aromatic carbocycles. The SMILES string of the molecule is C[Si](C)(C)c1ccc(N(c2ccc(-c3ccccc3)cc2)c2ccc(-n3c4cccc5ccc6cccc3c6c54)cc2)cc1. The first-order chi connectivity index (χ1) is 21.5. The van der Waals surface area contributed by atoms with Crippen molar-refractivity contribution in [3.05, 3.63) is 152 Å². The second-order valence-corrected chi connectivity index (χ2v) is 17.8. The maximum Gasteiger partial charge on any atom is 0.0775 e. The van der Waals surface area contributed by atoms with Gasteiger partial charge in [-0.05, 0) is 82.6 Å². The van der Waals surface area contributed by atoms with Gasteiger partial charge in [0.2, 0.25) is 0 Å². The fourth-order valence-corrected chi connectivity index (χ4v) is 7.81. The standard InChI is InChI=1S/C41H34N2Si/c1-44(2,3)37-27-25-35(26-28-37)42(33-19-17-30(18-20-33)29-9-5-4-6-10-29)34-21-23-36(24-22-34)43-38-13-7-11-31-15-16-32-12-8-14-39(43)41(32)40(31)38/h4-28H,1-3H3. The smallest absolute Gasteiger partial charge is 0.0775 e. The van der Waals surface area contributed by atoms with E-state index in [1.54, 1.807) is 0 Å². The summed E-state index contributed by atoms with van der Waals surface area (Å²) in [5, 5.41) is 6.72. The molecule has 0 atom stereocenters. The van der Waals surface area contributed by atoms with Gasteiger partial charge in [0.05, 0.1) is 19.1 Å². The number of anilines is 3. The Morgan fingerprint density at radius 1 is 0.432 bits per heavy atom. The van der Waals surface area contributed by atoms with Crippen LogP contribution in [0.1, 0.15) is 0 Å². The molecular formula is C41H34N2Si. The van der Waals surface area contributed by atoms with Gasteiger partial charge < -0.3 is 9.47 Å². The predicted molar refractivity (Wildman–Crippen MR) is 193 cm³/mol. The van der Waals surface area contributed by atoms with Crippen molar-refractivity contribution in [2.75, 3.05) is 4.90 Å². The Balaban J connectivity index is 1.24. The number of hydrogen-bond acceptors (Lipinski definition) is 1. The highest BCUT2D eigenvalue weighted by Gasteiger charge is 2.19. The van der Waals surface area contributed by atoms with Crippen LogP contribution in [0.3, 0.4) is 0 Å². The summed E-state index contributed by atoms with van der Waals surface area (Å²) in [7, 11) is -1.41. The van der Waals surface area contributed by atoms with Crippen LogP contribution in [0.5, 0.6) is 0 Å². The van der Waals surface area contributed by atoms with E-state index in [4.69, 9.17) is 0 Å². The topological polar surface area (TPSA) is 8.17 Å². The average molecular weight is 583 g/mol. The van der Waals surface area contributed by atoms with Crippen molar-refractivity contribution in [1.82, 2.24) is 4.57 Å². The van der Waals surface area contributed by atoms with Crippen LogP contribution in [0.4, 0.5) is 17.1 Å². The molecule has 0 aliphatic carbocycles. The van der Waals surface area contributed by atoms with Crippen LogP contribution < -0.4 is 10.1 Å². The van der Waals surface area contributed by atoms with Gasteiger partial charge in [-0.2, -0.15) is 0 Å². The zero-order chi connectivity index (χ0) is 29.8. The highest BCUT2D eigenvalue weighted by molar-refractivity contribution is 6.88. The minimum Gasteiger partial charge on any atom is -0.311 e. The number of hydrogen-bond donors (Lipinski definition) is 0. The summed E-state index contributed by atoms with van der Waals surface area (Å²) in [5.74, 6) is 0. The van der Waals surface area contributed by atoms with E-state index < -0.39 is 8.07 Å². The summed E-state index contributed by atoms with van der Waals surface area (Å²) in [6, 6.07) is 55.5. The number of nitrogens with zero attached hydrogens (tertiary/aromatic N) is 2. The molecule has 44 heavy (non-hydrogen) atoms. The fraction of sp³-hybridized carbons (Fsp3) is 0.0732. The van der Waals surface area contributed by atoms with Gasteiger partial charge in [0.25, 0.3) is 0 Å². The molecule has 0 amide bonds. The molecule has 0 spiro atoms. The second-order valence-electron chi connectivity index (χ2n) is 12.7. The summed E-state index contributed by atoms with van der Waals surface area (Å²) in [4.78, 5) is 2.37. The first kappa shape index (κ1) is 26.5. The molecule has 0 saturated heterocycles. The lowest BCUT2D eigenvalue weighted by Crippen LogP contribution is -2.37. The van der Waals surface area contributed by atoms with Gasteiger partial charge in [0.1, 0.15) is 0 Å². The summed E-state index contributed by atoms with van der Waals surface area (Å²) in [6.07, 6.45) is 0. The van der Waals surface area contributed by atoms with Crippen LogP contribution in [0.15, 0.2) is 152 Å². The largest absolute Gasteiger partial charge is 0.311 e. The monoisotopic (exact) mass is 582 g/mol. The van der Waals surface area contributed by atoms with Gasteiger partial charge in [-0.15, -0.1) is 0 Å². The van der Waals surface area contributed by atoms with Crippen LogP contribution in [0.25, 0.3) is 49.4 Å². The molecule has 8 rings (SSSR count). The third-order valence-corrected chi connectivity index (χ3v) is 11.0. The maximum absolute atomic E-state index is 2.41. The molecule has 0 fully saturated rings. The molecule has 0 aliphatic heterocycles. The Hall–Kier alpha value is -5.12. The van der Waals surface area contributed by atoms with E-state index in [9.17, 15) is 0 Å². The second kappa shape index (κ2) is 10.3. The number of aromatic nitrogens is 1. The highest BCUT2D eigenvalue weighted by atomic mass is 28.3. The fourth-order valence-electron chi connectivity index (χ4n) is 6.64.